The number of aromatic nitrogens is 1. The number of hydrogen-bond acceptors (Lipinski definition) is 0. The second kappa shape index (κ2) is 1.88. The lowest BCUT2D eigenvalue weighted by molar-refractivity contribution is 0.729. The molecule has 0 N–H and O–H groups in total. The smallest absolute Gasteiger partial charge is 0.0228 e. The highest BCUT2D eigenvalue weighted by atomic mass is 15.0. The van der Waals surface area contributed by atoms with Crippen molar-refractivity contribution in [3.63, 3.8) is 0 Å². The van der Waals surface area contributed by atoms with Crippen molar-refractivity contribution in [1.29, 1.82) is 0 Å². The van der Waals surface area contributed by atoms with Gasteiger partial charge in [0, 0.05) is 17.9 Å². The van der Waals surface area contributed by atoms with Crippen LogP contribution in [0.4, 0.5) is 0 Å². The Bertz CT molecular complexity index is 233. The van der Waals surface area contributed by atoms with E-state index in [1.165, 1.54) is 30.6 Å². The van der Waals surface area contributed by atoms with Crippen molar-refractivity contribution in [2.24, 2.45) is 0 Å². The molecule has 0 aromatic carbocycles. The molecule has 0 bridgehead atoms. The van der Waals surface area contributed by atoms with E-state index in [0.717, 1.165) is 0 Å². The maximum Gasteiger partial charge on any atom is 0.0228 e. The van der Waals surface area contributed by atoms with E-state index in [-0.39, 0.29) is 0 Å². The highest BCUT2D eigenvalue weighted by Crippen LogP contribution is 2.22. The van der Waals surface area contributed by atoms with E-state index in [1.807, 2.05) is 0 Å². The van der Waals surface area contributed by atoms with E-state index in [1.54, 1.807) is 5.69 Å². The van der Waals surface area contributed by atoms with Crippen LogP contribution in [-0.4, -0.2) is 4.57 Å². The summed E-state index contributed by atoms with van der Waals surface area (Å²) in [5.41, 5.74) is 4.48. The third-order valence-electron chi connectivity index (χ3n) is 2.43. The molecule has 1 heteroatoms. The lowest BCUT2D eigenvalue weighted by Gasteiger charge is -1.98. The first-order chi connectivity index (χ1) is 4.79. The van der Waals surface area contributed by atoms with Crippen LogP contribution in [0.3, 0.4) is 0 Å². The van der Waals surface area contributed by atoms with Gasteiger partial charge in [-0.3, -0.25) is 0 Å². The molecule has 0 atom stereocenters. The second-order valence-electron chi connectivity index (χ2n) is 3.17. The van der Waals surface area contributed by atoms with Crippen molar-refractivity contribution < 1.29 is 0 Å². The molecule has 1 aromatic heterocycles. The summed E-state index contributed by atoms with van der Waals surface area (Å²) >= 11 is 0. The van der Waals surface area contributed by atoms with Crippen LogP contribution < -0.4 is 0 Å². The molecule has 0 saturated heterocycles. The van der Waals surface area contributed by atoms with E-state index >= 15 is 0 Å². The van der Waals surface area contributed by atoms with Gasteiger partial charge in [0.15, 0.2) is 0 Å². The lowest BCUT2D eigenvalue weighted by atomic mass is 10.2. The minimum absolute atomic E-state index is 1.25. The monoisotopic (exact) mass is 135 g/mol. The lowest BCUT2D eigenvalue weighted by Crippen LogP contribution is -1.93. The zero-order valence-electron chi connectivity index (χ0n) is 6.65. The Morgan fingerprint density at radius 2 is 2.20 bits per heavy atom. The second-order valence-corrected chi connectivity index (χ2v) is 3.17. The Kier molecular flexibility index (Phi) is 1.13. The molecule has 0 radical (unpaired) electrons. The third kappa shape index (κ3) is 0.634. The summed E-state index contributed by atoms with van der Waals surface area (Å²) in [5, 5.41) is 0. The van der Waals surface area contributed by atoms with Crippen molar-refractivity contribution in [2.45, 2.75) is 33.2 Å². The molecular weight excluding hydrogens is 122 g/mol. The quantitative estimate of drug-likeness (QED) is 0.513. The molecule has 0 aliphatic carbocycles. The van der Waals surface area contributed by atoms with Crippen molar-refractivity contribution in [1.82, 2.24) is 4.57 Å². The topological polar surface area (TPSA) is 4.93 Å². The van der Waals surface area contributed by atoms with Gasteiger partial charge in [0.25, 0.3) is 0 Å². The summed E-state index contributed by atoms with van der Waals surface area (Å²) in [7, 11) is 0. The van der Waals surface area contributed by atoms with Crippen LogP contribution in [-0.2, 0) is 13.0 Å². The van der Waals surface area contributed by atoms with Crippen molar-refractivity contribution in [3.05, 3.63) is 23.0 Å². The first-order valence-corrected chi connectivity index (χ1v) is 3.94. The molecule has 2 heterocycles. The number of hydrogen-bond donors (Lipinski definition) is 0. The molecule has 1 aliphatic rings. The van der Waals surface area contributed by atoms with Gasteiger partial charge in [-0.05, 0) is 38.3 Å². The average molecular weight is 135 g/mol. The largest absolute Gasteiger partial charge is 0.349 e. The third-order valence-corrected chi connectivity index (χ3v) is 2.43. The summed E-state index contributed by atoms with van der Waals surface area (Å²) < 4.78 is 2.44. The fraction of sp³-hybridized carbons (Fsp3) is 0.556. The van der Waals surface area contributed by atoms with Crippen LogP contribution >= 0.6 is 0 Å². The molecule has 0 spiro atoms. The minimum atomic E-state index is 1.25. The van der Waals surface area contributed by atoms with Gasteiger partial charge in [-0.25, -0.2) is 0 Å². The van der Waals surface area contributed by atoms with E-state index < -0.39 is 0 Å². The fourth-order valence-electron chi connectivity index (χ4n) is 1.95. The van der Waals surface area contributed by atoms with Crippen LogP contribution in [0, 0.1) is 13.8 Å². The van der Waals surface area contributed by atoms with Crippen molar-refractivity contribution in [3.8, 4) is 0 Å². The number of nitrogens with zero attached hydrogens (tertiary/aromatic N) is 1. The first-order valence-electron chi connectivity index (χ1n) is 3.94. The van der Waals surface area contributed by atoms with Crippen molar-refractivity contribution >= 4 is 0 Å². The zero-order chi connectivity index (χ0) is 7.14. The predicted molar refractivity (Wildman–Crippen MR) is 42.2 cm³/mol. The molecule has 54 valence electrons. The molecule has 1 aliphatic heterocycles. The zero-order valence-corrected chi connectivity index (χ0v) is 6.65. The standard InChI is InChI=1S/C9H13N/c1-7-6-8(2)10-5-3-4-9(7)10/h6H,3-5H2,1-2H3. The average Bonchev–Trinajstić information content (AvgIpc) is 2.39. The van der Waals surface area contributed by atoms with Gasteiger partial charge in [0.2, 0.25) is 0 Å². The highest BCUT2D eigenvalue weighted by Gasteiger charge is 2.14. The van der Waals surface area contributed by atoms with Gasteiger partial charge < -0.3 is 4.57 Å². The SMILES string of the molecule is Cc1cc(C)n2c1CCC2. The first kappa shape index (κ1) is 6.02. The number of aryl methyl sites for hydroxylation is 2. The maximum atomic E-state index is 2.44. The van der Waals surface area contributed by atoms with Crippen LogP contribution in [0.25, 0.3) is 0 Å². The molecule has 0 fully saturated rings. The highest BCUT2D eigenvalue weighted by molar-refractivity contribution is 5.28. The summed E-state index contributed by atoms with van der Waals surface area (Å²) in [6.07, 6.45) is 2.64. The summed E-state index contributed by atoms with van der Waals surface area (Å²) in [6, 6.07) is 2.29. The van der Waals surface area contributed by atoms with Gasteiger partial charge in [0.1, 0.15) is 0 Å². The normalized spacial score (nSPS) is 15.8. The summed E-state index contributed by atoms with van der Waals surface area (Å²) in [5.74, 6) is 0. The molecule has 0 saturated carbocycles. The maximum absolute atomic E-state index is 2.44. The summed E-state index contributed by atoms with van der Waals surface area (Å²) in [6.45, 7) is 5.65. The van der Waals surface area contributed by atoms with E-state index in [9.17, 15) is 0 Å². The van der Waals surface area contributed by atoms with E-state index in [2.05, 4.69) is 24.5 Å². The molecule has 1 nitrogen and oxygen atoms in total. The molecule has 2 rings (SSSR count). The van der Waals surface area contributed by atoms with Crippen LogP contribution in [0.5, 0.6) is 0 Å². The minimum Gasteiger partial charge on any atom is -0.349 e. The van der Waals surface area contributed by atoms with E-state index in [4.69, 9.17) is 0 Å². The Morgan fingerprint density at radius 1 is 1.40 bits per heavy atom. The Balaban J connectivity index is 2.61. The van der Waals surface area contributed by atoms with Crippen LogP contribution in [0.15, 0.2) is 6.07 Å². The molecule has 0 amide bonds. The van der Waals surface area contributed by atoms with Gasteiger partial charge in [-0.1, -0.05) is 0 Å². The Labute approximate surface area is 61.7 Å². The molecule has 0 unspecified atom stereocenters. The van der Waals surface area contributed by atoms with Gasteiger partial charge in [-0.15, -0.1) is 0 Å². The predicted octanol–water partition coefficient (Wildman–Crippen LogP) is 2.05. The van der Waals surface area contributed by atoms with Crippen molar-refractivity contribution in [2.75, 3.05) is 0 Å². The molecule has 10 heavy (non-hydrogen) atoms. The van der Waals surface area contributed by atoms with Crippen LogP contribution in [0.1, 0.15) is 23.4 Å². The van der Waals surface area contributed by atoms with Crippen LogP contribution in [0.2, 0.25) is 0 Å². The number of rotatable bonds is 0. The number of fused-ring (bicyclic) bond motifs is 1. The Hall–Kier alpha value is -0.720. The van der Waals surface area contributed by atoms with E-state index in [0.29, 0.717) is 0 Å². The molecular formula is C9H13N. The van der Waals surface area contributed by atoms with Gasteiger partial charge >= 0.3 is 0 Å². The van der Waals surface area contributed by atoms with Gasteiger partial charge in [0.05, 0.1) is 0 Å². The molecule has 1 aromatic rings. The fourth-order valence-corrected chi connectivity index (χ4v) is 1.95. The summed E-state index contributed by atoms with van der Waals surface area (Å²) in [4.78, 5) is 0. The Morgan fingerprint density at radius 3 is 2.90 bits per heavy atom. The van der Waals surface area contributed by atoms with Gasteiger partial charge in [-0.2, -0.15) is 0 Å².